The number of carbonyl (C=O) groups is 2. The van der Waals surface area contributed by atoms with Crippen LogP contribution in [0.2, 0.25) is 0 Å². The fourth-order valence-corrected chi connectivity index (χ4v) is 5.71. The molecule has 0 saturated heterocycles. The first-order chi connectivity index (χ1) is 8.75. The molecule has 0 aromatic heterocycles. The van der Waals surface area contributed by atoms with E-state index in [9.17, 15) is 9.59 Å². The van der Waals surface area contributed by atoms with Crippen molar-refractivity contribution < 1.29 is 9.59 Å². The molecule has 0 spiro atoms. The first-order valence-electron chi connectivity index (χ1n) is 7.23. The standard InChI is InChI=1S/C16H16O2/c17-11-6-12(18)16-10-5-9(15(11)16)13-7-1-2-8(4-3-7)14(10)13/h1-2,7-10,15-16H,3-6H2/t7-,8-,9-,10-,15-,16-/m0/s1. The monoisotopic (exact) mass is 240 g/mol. The van der Waals surface area contributed by atoms with Crippen LogP contribution in [0.5, 0.6) is 0 Å². The number of allylic oxidation sites excluding steroid dienone is 4. The lowest BCUT2D eigenvalue weighted by atomic mass is 9.63. The highest BCUT2D eigenvalue weighted by atomic mass is 16.2. The molecule has 0 N–H and O–H groups in total. The molecule has 0 radical (unpaired) electrons. The van der Waals surface area contributed by atoms with Crippen LogP contribution in [-0.4, -0.2) is 11.6 Å². The summed E-state index contributed by atoms with van der Waals surface area (Å²) in [6, 6.07) is 0. The maximum atomic E-state index is 12.1. The van der Waals surface area contributed by atoms with Gasteiger partial charge in [-0.2, -0.15) is 0 Å². The van der Waals surface area contributed by atoms with Crippen molar-refractivity contribution in [2.75, 3.05) is 0 Å². The second-order valence-corrected chi connectivity index (χ2v) is 6.70. The predicted octanol–water partition coefficient (Wildman–Crippen LogP) is 2.30. The molecule has 2 saturated carbocycles. The van der Waals surface area contributed by atoms with Gasteiger partial charge in [-0.1, -0.05) is 23.3 Å². The van der Waals surface area contributed by atoms with Gasteiger partial charge in [-0.05, 0) is 42.9 Å². The Hall–Kier alpha value is -1.18. The highest BCUT2D eigenvalue weighted by molar-refractivity contribution is 6.10. The molecule has 18 heavy (non-hydrogen) atoms. The number of Topliss-reactive ketones (excluding diaryl/α,β-unsaturated/α-hetero) is 2. The summed E-state index contributed by atoms with van der Waals surface area (Å²) in [6.07, 6.45) is 8.59. The Morgan fingerprint density at radius 1 is 0.833 bits per heavy atom. The molecule has 4 bridgehead atoms. The van der Waals surface area contributed by atoms with E-state index in [0.717, 1.165) is 6.42 Å². The lowest BCUT2D eigenvalue weighted by Gasteiger charge is -2.41. The molecule has 2 nitrogen and oxygen atoms in total. The van der Waals surface area contributed by atoms with E-state index >= 15 is 0 Å². The molecule has 92 valence electrons. The molecule has 0 aromatic carbocycles. The minimum Gasteiger partial charge on any atom is -0.299 e. The zero-order valence-electron chi connectivity index (χ0n) is 10.3. The third-order valence-corrected chi connectivity index (χ3v) is 6.15. The summed E-state index contributed by atoms with van der Waals surface area (Å²) in [7, 11) is 0. The number of fused-ring (bicyclic) bond motifs is 6. The topological polar surface area (TPSA) is 34.1 Å². The van der Waals surface area contributed by atoms with Gasteiger partial charge in [0.25, 0.3) is 0 Å². The average Bonchev–Trinajstić information content (AvgIpc) is 3.03. The van der Waals surface area contributed by atoms with Crippen molar-refractivity contribution in [3.05, 3.63) is 23.3 Å². The van der Waals surface area contributed by atoms with E-state index < -0.39 is 0 Å². The Kier molecular flexibility index (Phi) is 1.55. The molecule has 0 heterocycles. The van der Waals surface area contributed by atoms with E-state index in [1.807, 2.05) is 0 Å². The van der Waals surface area contributed by atoms with Gasteiger partial charge in [-0.15, -0.1) is 0 Å². The van der Waals surface area contributed by atoms with Gasteiger partial charge in [-0.25, -0.2) is 0 Å². The fraction of sp³-hybridized carbons (Fsp3) is 0.625. The fourth-order valence-electron chi connectivity index (χ4n) is 5.71. The molecule has 6 aliphatic rings. The van der Waals surface area contributed by atoms with Crippen molar-refractivity contribution in [1.82, 2.24) is 0 Å². The van der Waals surface area contributed by atoms with Crippen molar-refractivity contribution >= 4 is 11.6 Å². The number of ketones is 2. The minimum absolute atomic E-state index is 0.0778. The molecule has 2 heteroatoms. The van der Waals surface area contributed by atoms with Crippen LogP contribution >= 0.6 is 0 Å². The third-order valence-electron chi connectivity index (χ3n) is 6.15. The molecule has 2 fully saturated rings. The molecular formula is C16H16O2. The quantitative estimate of drug-likeness (QED) is 0.481. The Morgan fingerprint density at radius 3 is 1.78 bits per heavy atom. The van der Waals surface area contributed by atoms with E-state index in [2.05, 4.69) is 12.2 Å². The normalized spacial score (nSPS) is 51.3. The maximum absolute atomic E-state index is 12.1. The highest BCUT2D eigenvalue weighted by Gasteiger charge is 2.62. The lowest BCUT2D eigenvalue weighted by Crippen LogP contribution is -2.35. The second kappa shape index (κ2) is 2.87. The smallest absolute Gasteiger partial charge is 0.144 e. The van der Waals surface area contributed by atoms with Gasteiger partial charge < -0.3 is 0 Å². The first kappa shape index (κ1) is 9.71. The molecule has 6 aliphatic carbocycles. The van der Waals surface area contributed by atoms with Crippen LogP contribution in [0.3, 0.4) is 0 Å². The predicted molar refractivity (Wildman–Crippen MR) is 65.6 cm³/mol. The van der Waals surface area contributed by atoms with E-state index in [4.69, 9.17) is 0 Å². The zero-order chi connectivity index (χ0) is 12.0. The maximum Gasteiger partial charge on any atom is 0.144 e. The van der Waals surface area contributed by atoms with Gasteiger partial charge in [0, 0.05) is 11.8 Å². The Labute approximate surface area is 106 Å². The van der Waals surface area contributed by atoms with Crippen LogP contribution in [0.1, 0.15) is 25.7 Å². The van der Waals surface area contributed by atoms with Crippen molar-refractivity contribution in [3.8, 4) is 0 Å². The minimum atomic E-state index is 0.0778. The van der Waals surface area contributed by atoms with Crippen molar-refractivity contribution in [2.45, 2.75) is 25.7 Å². The van der Waals surface area contributed by atoms with Crippen LogP contribution in [-0.2, 0) is 9.59 Å². The largest absolute Gasteiger partial charge is 0.299 e. The molecule has 0 amide bonds. The van der Waals surface area contributed by atoms with Crippen LogP contribution in [0.25, 0.3) is 0 Å². The van der Waals surface area contributed by atoms with Gasteiger partial charge in [0.05, 0.1) is 6.42 Å². The van der Waals surface area contributed by atoms with E-state index in [1.165, 1.54) is 12.8 Å². The Morgan fingerprint density at radius 2 is 1.33 bits per heavy atom. The summed E-state index contributed by atoms with van der Waals surface area (Å²) in [5.74, 6) is 2.72. The van der Waals surface area contributed by atoms with Gasteiger partial charge >= 0.3 is 0 Å². The van der Waals surface area contributed by atoms with E-state index in [-0.39, 0.29) is 29.8 Å². The summed E-state index contributed by atoms with van der Waals surface area (Å²) in [6.45, 7) is 0. The summed E-state index contributed by atoms with van der Waals surface area (Å²) in [5.41, 5.74) is 3.20. The lowest BCUT2D eigenvalue weighted by molar-refractivity contribution is -0.123. The molecule has 0 aliphatic heterocycles. The summed E-state index contributed by atoms with van der Waals surface area (Å²) < 4.78 is 0. The van der Waals surface area contributed by atoms with Crippen LogP contribution < -0.4 is 0 Å². The first-order valence-corrected chi connectivity index (χ1v) is 7.23. The van der Waals surface area contributed by atoms with Crippen LogP contribution in [0.15, 0.2) is 23.3 Å². The van der Waals surface area contributed by atoms with E-state index in [0.29, 0.717) is 23.7 Å². The molecule has 6 rings (SSSR count). The van der Waals surface area contributed by atoms with Crippen molar-refractivity contribution in [3.63, 3.8) is 0 Å². The Balaban J connectivity index is 1.69. The SMILES string of the molecule is O=C1CC(=O)[C@H]2[C@H]1[C@H]1C[C@H]2C2=C1[C@H]1C=C[C@H]2CC1. The van der Waals surface area contributed by atoms with Gasteiger partial charge in [0.1, 0.15) is 11.6 Å². The second-order valence-electron chi connectivity index (χ2n) is 6.70. The average molecular weight is 240 g/mol. The van der Waals surface area contributed by atoms with Gasteiger partial charge in [-0.3, -0.25) is 9.59 Å². The summed E-state index contributed by atoms with van der Waals surface area (Å²) in [4.78, 5) is 24.2. The third kappa shape index (κ3) is 0.877. The Bertz CT molecular complexity index is 507. The van der Waals surface area contributed by atoms with E-state index in [1.54, 1.807) is 11.1 Å². The molecular weight excluding hydrogens is 224 g/mol. The van der Waals surface area contributed by atoms with Gasteiger partial charge in [0.2, 0.25) is 0 Å². The number of hydrogen-bond acceptors (Lipinski definition) is 2. The summed E-state index contributed by atoms with van der Waals surface area (Å²) in [5, 5.41) is 0. The molecule has 0 aromatic rings. The molecule has 0 unspecified atom stereocenters. The molecule has 6 atom stereocenters. The highest BCUT2D eigenvalue weighted by Crippen LogP contribution is 2.65. The number of carbonyl (C=O) groups excluding carboxylic acids is 2. The van der Waals surface area contributed by atoms with Gasteiger partial charge in [0.15, 0.2) is 0 Å². The zero-order valence-corrected chi connectivity index (χ0v) is 10.3. The number of hydrogen-bond donors (Lipinski definition) is 0. The van der Waals surface area contributed by atoms with Crippen molar-refractivity contribution in [1.29, 1.82) is 0 Å². The van der Waals surface area contributed by atoms with Crippen LogP contribution in [0, 0.1) is 35.5 Å². The number of rotatable bonds is 0. The van der Waals surface area contributed by atoms with Crippen molar-refractivity contribution in [2.24, 2.45) is 35.5 Å². The summed E-state index contributed by atoms with van der Waals surface area (Å²) >= 11 is 0. The van der Waals surface area contributed by atoms with Crippen LogP contribution in [0.4, 0.5) is 0 Å².